The molecule has 0 saturated carbocycles. The topological polar surface area (TPSA) is 96.0 Å². The van der Waals surface area contributed by atoms with Crippen LogP contribution in [-0.4, -0.2) is 63.4 Å². The Labute approximate surface area is 135 Å². The van der Waals surface area contributed by atoms with Gasteiger partial charge in [-0.15, -0.1) is 0 Å². The standard InChI is InChI=1S/C14H19N3O5S/c1-16(2)23(20,21)12-6-3-5-11(9-12)14(19)15-10-13(18)17-7-4-8-22-17/h3,5-6,9H,4,7-8,10H2,1-2H3,(H,15,19). The van der Waals surface area contributed by atoms with E-state index in [4.69, 9.17) is 4.84 Å². The van der Waals surface area contributed by atoms with E-state index in [1.54, 1.807) is 0 Å². The quantitative estimate of drug-likeness (QED) is 0.802. The van der Waals surface area contributed by atoms with Crippen LogP contribution in [0.15, 0.2) is 29.2 Å². The smallest absolute Gasteiger partial charge is 0.265 e. The first-order chi connectivity index (χ1) is 10.8. The van der Waals surface area contributed by atoms with Crippen molar-refractivity contribution in [2.24, 2.45) is 0 Å². The zero-order valence-corrected chi connectivity index (χ0v) is 13.8. The van der Waals surface area contributed by atoms with Gasteiger partial charge in [-0.05, 0) is 24.6 Å². The Hall–Kier alpha value is -1.97. The van der Waals surface area contributed by atoms with Crippen LogP contribution in [0.5, 0.6) is 0 Å². The molecule has 2 amide bonds. The van der Waals surface area contributed by atoms with E-state index in [0.717, 1.165) is 10.7 Å². The van der Waals surface area contributed by atoms with Crippen molar-refractivity contribution in [3.05, 3.63) is 29.8 Å². The lowest BCUT2D eigenvalue weighted by atomic mass is 10.2. The van der Waals surface area contributed by atoms with E-state index in [1.165, 1.54) is 43.4 Å². The first kappa shape index (κ1) is 17.4. The largest absolute Gasteiger partial charge is 0.343 e. The molecule has 1 aromatic rings. The number of sulfonamides is 1. The van der Waals surface area contributed by atoms with Crippen LogP contribution in [0.2, 0.25) is 0 Å². The summed E-state index contributed by atoms with van der Waals surface area (Å²) in [6, 6.07) is 5.66. The number of nitrogens with zero attached hydrogens (tertiary/aromatic N) is 2. The molecule has 9 heteroatoms. The van der Waals surface area contributed by atoms with E-state index in [-0.39, 0.29) is 22.9 Å². The van der Waals surface area contributed by atoms with Crippen molar-refractivity contribution >= 4 is 21.8 Å². The SMILES string of the molecule is CN(C)S(=O)(=O)c1cccc(C(=O)NCC(=O)N2CCCO2)c1. The van der Waals surface area contributed by atoms with Crippen molar-refractivity contribution in [1.29, 1.82) is 0 Å². The van der Waals surface area contributed by atoms with Gasteiger partial charge in [0.2, 0.25) is 10.0 Å². The fourth-order valence-corrected chi connectivity index (χ4v) is 2.95. The summed E-state index contributed by atoms with van der Waals surface area (Å²) in [5.74, 6) is -0.860. The second-order valence-electron chi connectivity index (χ2n) is 5.18. The van der Waals surface area contributed by atoms with Gasteiger partial charge in [0.1, 0.15) is 0 Å². The highest BCUT2D eigenvalue weighted by molar-refractivity contribution is 7.89. The third-order valence-corrected chi connectivity index (χ3v) is 5.12. The lowest BCUT2D eigenvalue weighted by Gasteiger charge is -2.14. The van der Waals surface area contributed by atoms with Gasteiger partial charge in [0.15, 0.2) is 0 Å². The fraction of sp³-hybridized carbons (Fsp3) is 0.429. The van der Waals surface area contributed by atoms with E-state index in [1.807, 2.05) is 0 Å². The molecule has 0 aromatic heterocycles. The van der Waals surface area contributed by atoms with Gasteiger partial charge < -0.3 is 5.32 Å². The summed E-state index contributed by atoms with van der Waals surface area (Å²) in [5, 5.41) is 3.68. The molecule has 0 spiro atoms. The number of amides is 2. The van der Waals surface area contributed by atoms with E-state index in [9.17, 15) is 18.0 Å². The molecule has 0 aliphatic carbocycles. The van der Waals surface area contributed by atoms with Crippen molar-refractivity contribution in [2.45, 2.75) is 11.3 Å². The van der Waals surface area contributed by atoms with Gasteiger partial charge in [-0.2, -0.15) is 0 Å². The Balaban J connectivity index is 2.04. The molecule has 126 valence electrons. The summed E-state index contributed by atoms with van der Waals surface area (Å²) in [5.41, 5.74) is 0.170. The Morgan fingerprint density at radius 3 is 2.70 bits per heavy atom. The predicted octanol–water partition coefficient (Wildman–Crippen LogP) is -0.169. The molecule has 1 N–H and O–H groups in total. The average Bonchev–Trinajstić information content (AvgIpc) is 3.06. The molecule has 1 aliphatic heterocycles. The Bertz CT molecular complexity index is 696. The van der Waals surface area contributed by atoms with Gasteiger partial charge in [0.05, 0.1) is 24.6 Å². The molecule has 0 radical (unpaired) electrons. The minimum Gasteiger partial charge on any atom is -0.343 e. The van der Waals surface area contributed by atoms with Crippen molar-refractivity contribution in [1.82, 2.24) is 14.7 Å². The molecule has 0 atom stereocenters. The molecule has 1 saturated heterocycles. The van der Waals surface area contributed by atoms with Gasteiger partial charge >= 0.3 is 0 Å². The fourth-order valence-electron chi connectivity index (χ4n) is 2.00. The third kappa shape index (κ3) is 4.06. The summed E-state index contributed by atoms with van der Waals surface area (Å²) in [7, 11) is -0.792. The van der Waals surface area contributed by atoms with Crippen LogP contribution < -0.4 is 5.32 Å². The highest BCUT2D eigenvalue weighted by Gasteiger charge is 2.21. The van der Waals surface area contributed by atoms with Crippen LogP contribution in [0.25, 0.3) is 0 Å². The van der Waals surface area contributed by atoms with Crippen molar-refractivity contribution in [2.75, 3.05) is 33.8 Å². The first-order valence-corrected chi connectivity index (χ1v) is 8.50. The normalized spacial score (nSPS) is 15.0. The van der Waals surface area contributed by atoms with Gasteiger partial charge in [0.25, 0.3) is 11.8 Å². The van der Waals surface area contributed by atoms with Crippen molar-refractivity contribution in [3.63, 3.8) is 0 Å². The summed E-state index contributed by atoms with van der Waals surface area (Å²) in [6.07, 6.45) is 0.768. The molecule has 1 aliphatic rings. The van der Waals surface area contributed by atoms with Gasteiger partial charge in [-0.1, -0.05) is 6.07 Å². The van der Waals surface area contributed by atoms with Crippen molar-refractivity contribution in [3.8, 4) is 0 Å². The number of hydrogen-bond donors (Lipinski definition) is 1. The summed E-state index contributed by atoms with van der Waals surface area (Å²) in [4.78, 5) is 29.0. The van der Waals surface area contributed by atoms with Crippen LogP contribution in [0.4, 0.5) is 0 Å². The summed E-state index contributed by atoms with van der Waals surface area (Å²) in [6.45, 7) is 0.791. The zero-order chi connectivity index (χ0) is 17.0. The Morgan fingerprint density at radius 1 is 1.35 bits per heavy atom. The molecule has 1 fully saturated rings. The monoisotopic (exact) mass is 341 g/mol. The van der Waals surface area contributed by atoms with Gasteiger partial charge in [-0.25, -0.2) is 17.8 Å². The van der Waals surface area contributed by atoms with Gasteiger partial charge in [0, 0.05) is 19.7 Å². The number of hydrogen-bond acceptors (Lipinski definition) is 5. The molecule has 1 heterocycles. The highest BCUT2D eigenvalue weighted by Crippen LogP contribution is 2.14. The van der Waals surface area contributed by atoms with E-state index >= 15 is 0 Å². The molecule has 0 bridgehead atoms. The minimum atomic E-state index is -3.62. The van der Waals surface area contributed by atoms with Crippen LogP contribution in [-0.2, 0) is 19.7 Å². The van der Waals surface area contributed by atoms with E-state index in [2.05, 4.69) is 5.32 Å². The number of carbonyl (C=O) groups is 2. The van der Waals surface area contributed by atoms with Crippen LogP contribution in [0.1, 0.15) is 16.8 Å². The highest BCUT2D eigenvalue weighted by atomic mass is 32.2. The molecular formula is C14H19N3O5S. The number of rotatable bonds is 5. The Morgan fingerprint density at radius 2 is 2.09 bits per heavy atom. The van der Waals surface area contributed by atoms with Crippen LogP contribution in [0.3, 0.4) is 0 Å². The average molecular weight is 341 g/mol. The summed E-state index contributed by atoms with van der Waals surface area (Å²) < 4.78 is 25.2. The maximum atomic E-state index is 12.1. The maximum Gasteiger partial charge on any atom is 0.265 e. The number of benzene rings is 1. The second kappa shape index (κ2) is 7.07. The van der Waals surface area contributed by atoms with E-state index < -0.39 is 15.9 Å². The van der Waals surface area contributed by atoms with E-state index in [0.29, 0.717) is 13.2 Å². The van der Waals surface area contributed by atoms with Crippen LogP contribution in [0, 0.1) is 0 Å². The molecule has 2 rings (SSSR count). The third-order valence-electron chi connectivity index (χ3n) is 3.31. The Kier molecular flexibility index (Phi) is 5.34. The maximum absolute atomic E-state index is 12.1. The zero-order valence-electron chi connectivity index (χ0n) is 13.0. The second-order valence-corrected chi connectivity index (χ2v) is 7.33. The molecular weight excluding hydrogens is 322 g/mol. The molecule has 8 nitrogen and oxygen atoms in total. The summed E-state index contributed by atoms with van der Waals surface area (Å²) >= 11 is 0. The lowest BCUT2D eigenvalue weighted by molar-refractivity contribution is -0.167. The number of nitrogens with one attached hydrogen (secondary N) is 1. The molecule has 23 heavy (non-hydrogen) atoms. The van der Waals surface area contributed by atoms with Crippen molar-refractivity contribution < 1.29 is 22.8 Å². The minimum absolute atomic E-state index is 0.0179. The van der Waals surface area contributed by atoms with Gasteiger partial charge in [-0.3, -0.25) is 14.4 Å². The lowest BCUT2D eigenvalue weighted by Crippen LogP contribution is -2.38. The molecule has 0 unspecified atom stereocenters. The van der Waals surface area contributed by atoms with Crippen LogP contribution >= 0.6 is 0 Å². The number of carbonyl (C=O) groups excluding carboxylic acids is 2. The first-order valence-electron chi connectivity index (χ1n) is 7.06. The predicted molar refractivity (Wildman–Crippen MR) is 81.9 cm³/mol. The molecule has 1 aromatic carbocycles. The number of hydroxylamine groups is 2.